The highest BCUT2D eigenvalue weighted by Crippen LogP contribution is 2.46. The van der Waals surface area contributed by atoms with Gasteiger partial charge in [0.2, 0.25) is 0 Å². The molecule has 5 rings (SSSR count). The van der Waals surface area contributed by atoms with E-state index in [1.807, 2.05) is 59.4 Å². The highest BCUT2D eigenvalue weighted by molar-refractivity contribution is 14.1. The van der Waals surface area contributed by atoms with Crippen LogP contribution in [0.5, 0.6) is 0 Å². The van der Waals surface area contributed by atoms with Gasteiger partial charge in [-0.2, -0.15) is 5.10 Å². The first-order valence-corrected chi connectivity index (χ1v) is 9.74. The van der Waals surface area contributed by atoms with Gasteiger partial charge < -0.3 is 14.4 Å². The Bertz CT molecular complexity index is 1080. The van der Waals surface area contributed by atoms with E-state index in [1.165, 1.54) is 11.0 Å². The molecule has 0 aliphatic carbocycles. The van der Waals surface area contributed by atoms with Gasteiger partial charge in [0.15, 0.2) is 0 Å². The van der Waals surface area contributed by atoms with E-state index in [-0.39, 0.29) is 18.3 Å². The summed E-state index contributed by atoms with van der Waals surface area (Å²) in [5, 5.41) is 4.10. The number of aromatic nitrogens is 2. The molecule has 0 N–H and O–H groups in total. The van der Waals surface area contributed by atoms with Crippen LogP contribution in [0.15, 0.2) is 54.9 Å². The molecule has 3 aromatic rings. The minimum Gasteiger partial charge on any atom is -0.336 e. The standard InChI is InChI=1S/C20H15FIN3O3/c21-17-9-13(15-10-23-25(22)12-15)5-6-14(17)11-24-18-4-2-1-3-16(18)20(19(24)26)27-7-8-28-20/h1-6,9-10,12H,7-8,11H2. The number of hydrogen-bond donors (Lipinski definition) is 0. The van der Waals surface area contributed by atoms with Crippen LogP contribution in [0, 0.1) is 5.82 Å². The maximum absolute atomic E-state index is 14.8. The van der Waals surface area contributed by atoms with Gasteiger partial charge >= 0.3 is 0 Å². The normalized spacial score (nSPS) is 17.5. The predicted molar refractivity (Wildman–Crippen MR) is 108 cm³/mol. The first-order chi connectivity index (χ1) is 13.6. The summed E-state index contributed by atoms with van der Waals surface area (Å²) in [6.07, 6.45) is 3.49. The molecule has 2 aliphatic heterocycles. The number of hydrogen-bond acceptors (Lipinski definition) is 4. The first-order valence-electron chi connectivity index (χ1n) is 8.77. The van der Waals surface area contributed by atoms with Crippen molar-refractivity contribution in [1.29, 1.82) is 0 Å². The molecule has 0 unspecified atom stereocenters. The fraction of sp³-hybridized carbons (Fsp3) is 0.200. The van der Waals surface area contributed by atoms with Gasteiger partial charge in [-0.05, 0) is 17.7 Å². The molecule has 2 aromatic carbocycles. The summed E-state index contributed by atoms with van der Waals surface area (Å²) in [5.74, 6) is -2.10. The fourth-order valence-corrected chi connectivity index (χ4v) is 4.14. The quantitative estimate of drug-likeness (QED) is 0.526. The second-order valence-corrected chi connectivity index (χ2v) is 7.63. The summed E-state index contributed by atoms with van der Waals surface area (Å²) < 4.78 is 27.9. The Balaban J connectivity index is 1.49. The van der Waals surface area contributed by atoms with E-state index in [0.717, 1.165) is 11.1 Å². The average molecular weight is 491 g/mol. The zero-order valence-electron chi connectivity index (χ0n) is 14.6. The molecule has 1 aromatic heterocycles. The zero-order chi connectivity index (χ0) is 19.3. The van der Waals surface area contributed by atoms with Crippen LogP contribution in [-0.2, 0) is 26.6 Å². The van der Waals surface area contributed by atoms with Gasteiger partial charge in [-0.1, -0.05) is 30.3 Å². The number of ether oxygens (including phenoxy) is 2. The minimum absolute atomic E-state index is 0.0992. The Morgan fingerprint density at radius 2 is 1.93 bits per heavy atom. The molecule has 1 fully saturated rings. The van der Waals surface area contributed by atoms with Crippen molar-refractivity contribution >= 4 is 34.5 Å². The number of carbonyl (C=O) groups excluding carboxylic acids is 1. The number of nitrogens with zero attached hydrogens (tertiary/aromatic N) is 3. The molecule has 1 spiro atoms. The SMILES string of the molecule is O=C1N(Cc2ccc(-c3cnn(I)c3)cc2F)c2ccccc2C12OCCO2. The summed E-state index contributed by atoms with van der Waals surface area (Å²) in [7, 11) is 0. The van der Waals surface area contributed by atoms with Crippen molar-refractivity contribution in [2.75, 3.05) is 18.1 Å². The molecular weight excluding hydrogens is 476 g/mol. The van der Waals surface area contributed by atoms with Crippen LogP contribution >= 0.6 is 22.9 Å². The maximum atomic E-state index is 14.8. The van der Waals surface area contributed by atoms with Gasteiger partial charge in [-0.15, -0.1) is 0 Å². The van der Waals surface area contributed by atoms with Gasteiger partial charge in [0.1, 0.15) is 5.82 Å². The third kappa shape index (κ3) is 2.66. The number of carbonyl (C=O) groups is 1. The predicted octanol–water partition coefficient (Wildman–Crippen LogP) is 3.63. The Hall–Kier alpha value is -2.30. The monoisotopic (exact) mass is 491 g/mol. The first kappa shape index (κ1) is 17.8. The molecule has 1 saturated heterocycles. The maximum Gasteiger partial charge on any atom is 0.292 e. The van der Waals surface area contributed by atoms with Crippen molar-refractivity contribution in [3.05, 3.63) is 71.8 Å². The molecule has 0 atom stereocenters. The number of para-hydroxylation sites is 1. The van der Waals surface area contributed by atoms with Crippen LogP contribution in [0.4, 0.5) is 10.1 Å². The van der Waals surface area contributed by atoms with Gasteiger partial charge in [0, 0.05) is 22.9 Å². The van der Waals surface area contributed by atoms with Crippen molar-refractivity contribution in [1.82, 2.24) is 7.99 Å². The summed E-state index contributed by atoms with van der Waals surface area (Å²) in [4.78, 5) is 14.7. The summed E-state index contributed by atoms with van der Waals surface area (Å²) in [6, 6.07) is 12.3. The van der Waals surface area contributed by atoms with Crippen LogP contribution in [0.2, 0.25) is 0 Å². The van der Waals surface area contributed by atoms with E-state index in [2.05, 4.69) is 5.10 Å². The smallest absolute Gasteiger partial charge is 0.292 e. The molecule has 0 saturated carbocycles. The summed E-state index contributed by atoms with van der Waals surface area (Å²) in [5.41, 5.74) is 3.34. The van der Waals surface area contributed by atoms with Gasteiger partial charge in [-0.3, -0.25) is 4.79 Å². The topological polar surface area (TPSA) is 56.6 Å². The van der Waals surface area contributed by atoms with E-state index >= 15 is 0 Å². The number of fused-ring (bicyclic) bond motifs is 2. The summed E-state index contributed by atoms with van der Waals surface area (Å²) in [6.45, 7) is 0.797. The van der Waals surface area contributed by atoms with Crippen molar-refractivity contribution < 1.29 is 18.7 Å². The fourth-order valence-electron chi connectivity index (χ4n) is 3.71. The van der Waals surface area contributed by atoms with E-state index in [1.54, 1.807) is 15.2 Å². The Morgan fingerprint density at radius 3 is 2.64 bits per heavy atom. The second kappa shape index (κ2) is 6.64. The molecule has 0 radical (unpaired) electrons. The highest BCUT2D eigenvalue weighted by Gasteiger charge is 2.55. The van der Waals surface area contributed by atoms with Crippen LogP contribution in [0.3, 0.4) is 0 Å². The van der Waals surface area contributed by atoms with Crippen LogP contribution in [-0.4, -0.2) is 27.1 Å². The Morgan fingerprint density at radius 1 is 1.14 bits per heavy atom. The van der Waals surface area contributed by atoms with Crippen LogP contribution < -0.4 is 4.90 Å². The lowest BCUT2D eigenvalue weighted by Gasteiger charge is -2.22. The minimum atomic E-state index is -1.40. The highest BCUT2D eigenvalue weighted by atomic mass is 127. The number of rotatable bonds is 3. The third-order valence-electron chi connectivity index (χ3n) is 5.04. The van der Waals surface area contributed by atoms with E-state index < -0.39 is 5.79 Å². The molecular formula is C20H15FIN3O3. The zero-order valence-corrected chi connectivity index (χ0v) is 16.8. The lowest BCUT2D eigenvalue weighted by molar-refractivity contribution is -0.180. The molecule has 0 bridgehead atoms. The second-order valence-electron chi connectivity index (χ2n) is 6.65. The van der Waals surface area contributed by atoms with Crippen molar-refractivity contribution in [3.63, 3.8) is 0 Å². The van der Waals surface area contributed by atoms with Gasteiger partial charge in [-0.25, -0.2) is 7.29 Å². The lowest BCUT2D eigenvalue weighted by Crippen LogP contribution is -2.41. The number of amides is 1. The van der Waals surface area contributed by atoms with Crippen molar-refractivity contribution in [3.8, 4) is 11.1 Å². The molecule has 1 amide bonds. The van der Waals surface area contributed by atoms with Crippen LogP contribution in [0.1, 0.15) is 11.1 Å². The molecule has 6 nitrogen and oxygen atoms in total. The average Bonchev–Trinajstić information content (AvgIpc) is 3.41. The lowest BCUT2D eigenvalue weighted by atomic mass is 10.1. The van der Waals surface area contributed by atoms with Crippen LogP contribution in [0.25, 0.3) is 11.1 Å². The Kier molecular flexibility index (Phi) is 4.22. The molecule has 142 valence electrons. The van der Waals surface area contributed by atoms with E-state index in [9.17, 15) is 9.18 Å². The van der Waals surface area contributed by atoms with E-state index in [4.69, 9.17) is 9.47 Å². The van der Waals surface area contributed by atoms with Gasteiger partial charge in [0.05, 0.1) is 54.5 Å². The summed E-state index contributed by atoms with van der Waals surface area (Å²) >= 11 is 2.04. The van der Waals surface area contributed by atoms with E-state index in [0.29, 0.717) is 30.0 Å². The number of halogens is 2. The molecule has 3 heterocycles. The molecule has 2 aliphatic rings. The van der Waals surface area contributed by atoms with Crippen molar-refractivity contribution in [2.24, 2.45) is 0 Å². The molecule has 28 heavy (non-hydrogen) atoms. The number of anilines is 1. The third-order valence-corrected chi connectivity index (χ3v) is 5.57. The van der Waals surface area contributed by atoms with Crippen molar-refractivity contribution in [2.45, 2.75) is 12.3 Å². The Labute approximate surface area is 174 Å². The largest absolute Gasteiger partial charge is 0.336 e. The van der Waals surface area contributed by atoms with Gasteiger partial charge in [0.25, 0.3) is 11.7 Å². The molecule has 8 heteroatoms. The number of benzene rings is 2.